The molecule has 0 saturated heterocycles. The molecular weight excluding hydrogens is 705 g/mol. The van der Waals surface area contributed by atoms with Gasteiger partial charge in [0.1, 0.15) is 22.3 Å². The molecule has 0 radical (unpaired) electrons. The number of benzene rings is 11. The van der Waals surface area contributed by atoms with Crippen LogP contribution in [0.2, 0.25) is 0 Å². The van der Waals surface area contributed by atoms with Crippen LogP contribution in [0.15, 0.2) is 203 Å². The molecule has 0 atom stereocenters. The fourth-order valence-corrected chi connectivity index (χ4v) is 9.64. The van der Waals surface area contributed by atoms with Gasteiger partial charge in [-0.25, -0.2) is 0 Å². The normalized spacial score (nSPS) is 12.1. The minimum Gasteiger partial charge on any atom is -0.456 e. The third kappa shape index (κ3) is 4.60. The van der Waals surface area contributed by atoms with Gasteiger partial charge in [0.25, 0.3) is 0 Å². The highest BCUT2D eigenvalue weighted by Gasteiger charge is 2.18. The lowest BCUT2D eigenvalue weighted by Gasteiger charge is -2.18. The van der Waals surface area contributed by atoms with E-state index in [0.29, 0.717) is 0 Å². The Morgan fingerprint density at radius 2 is 0.672 bits per heavy atom. The number of hydrogen-bond donors (Lipinski definition) is 0. The molecule has 2 aromatic heterocycles. The predicted octanol–water partition coefficient (Wildman–Crippen LogP) is 16.3. The van der Waals surface area contributed by atoms with E-state index in [-0.39, 0.29) is 0 Å². The van der Waals surface area contributed by atoms with Gasteiger partial charge < -0.3 is 8.83 Å². The van der Waals surface area contributed by atoms with Gasteiger partial charge in [-0.1, -0.05) is 140 Å². The van der Waals surface area contributed by atoms with Crippen LogP contribution in [0.25, 0.3) is 131 Å². The van der Waals surface area contributed by atoms with E-state index in [1.807, 2.05) is 18.2 Å². The zero-order chi connectivity index (χ0) is 37.9. The lowest BCUT2D eigenvalue weighted by atomic mass is 9.85. The molecule has 2 heterocycles. The second kappa shape index (κ2) is 11.9. The molecule has 0 N–H and O–H groups in total. The predicted molar refractivity (Wildman–Crippen MR) is 245 cm³/mol. The molecule has 0 aliphatic rings. The number of fused-ring (bicyclic) bond motifs is 12. The molecule has 0 bridgehead atoms. The lowest BCUT2D eigenvalue weighted by molar-refractivity contribution is 0.658. The maximum atomic E-state index is 6.56. The SMILES string of the molecule is c1ccc2cc(-c3c4ccccc4c(-c4ccc5cc(-c6ccc7c(ccc8c9cc%10c(cc9oc78)oc7ccccc7%10)c6)ccc5c4)c4ccccc34)ccc2c1. The van der Waals surface area contributed by atoms with Crippen molar-refractivity contribution < 1.29 is 8.83 Å². The van der Waals surface area contributed by atoms with Crippen molar-refractivity contribution >= 4 is 97.7 Å². The molecule has 58 heavy (non-hydrogen) atoms. The van der Waals surface area contributed by atoms with Gasteiger partial charge in [0.05, 0.1) is 0 Å². The molecule has 2 heteroatoms. The monoisotopic (exact) mass is 736 g/mol. The number of furan rings is 2. The average molecular weight is 737 g/mol. The van der Waals surface area contributed by atoms with Crippen molar-refractivity contribution in [3.8, 4) is 33.4 Å². The van der Waals surface area contributed by atoms with Crippen LogP contribution in [0.5, 0.6) is 0 Å². The van der Waals surface area contributed by atoms with Crippen LogP contribution in [0.3, 0.4) is 0 Å². The van der Waals surface area contributed by atoms with Gasteiger partial charge in [0.15, 0.2) is 0 Å². The van der Waals surface area contributed by atoms with Crippen LogP contribution >= 0.6 is 0 Å². The van der Waals surface area contributed by atoms with Gasteiger partial charge in [0, 0.05) is 33.0 Å². The number of para-hydroxylation sites is 1. The van der Waals surface area contributed by atoms with E-state index < -0.39 is 0 Å². The van der Waals surface area contributed by atoms with Gasteiger partial charge in [-0.2, -0.15) is 0 Å². The maximum absolute atomic E-state index is 6.56. The van der Waals surface area contributed by atoms with Gasteiger partial charge in [-0.3, -0.25) is 0 Å². The second-order valence-corrected chi connectivity index (χ2v) is 15.6. The van der Waals surface area contributed by atoms with E-state index in [9.17, 15) is 0 Å². The minimum absolute atomic E-state index is 0.842. The summed E-state index contributed by atoms with van der Waals surface area (Å²) in [4.78, 5) is 0. The maximum Gasteiger partial charge on any atom is 0.143 e. The van der Waals surface area contributed by atoms with Crippen molar-refractivity contribution in [1.82, 2.24) is 0 Å². The molecule has 11 aromatic carbocycles. The summed E-state index contributed by atoms with van der Waals surface area (Å²) in [5.74, 6) is 0. The molecular formula is C56H32O2. The summed E-state index contributed by atoms with van der Waals surface area (Å²) < 4.78 is 12.7. The highest BCUT2D eigenvalue weighted by Crippen LogP contribution is 2.45. The Bertz CT molecular complexity index is 3800. The summed E-state index contributed by atoms with van der Waals surface area (Å²) in [6, 6.07) is 70.7. The first kappa shape index (κ1) is 31.5. The zero-order valence-corrected chi connectivity index (χ0v) is 31.3. The Morgan fingerprint density at radius 1 is 0.224 bits per heavy atom. The fraction of sp³-hybridized carbons (Fsp3) is 0. The smallest absolute Gasteiger partial charge is 0.143 e. The van der Waals surface area contributed by atoms with Gasteiger partial charge in [-0.15, -0.1) is 0 Å². The summed E-state index contributed by atoms with van der Waals surface area (Å²) in [5.41, 5.74) is 10.9. The molecule has 0 unspecified atom stereocenters. The minimum atomic E-state index is 0.842. The first-order valence-electron chi connectivity index (χ1n) is 19.9. The highest BCUT2D eigenvalue weighted by molar-refractivity contribution is 6.23. The first-order valence-corrected chi connectivity index (χ1v) is 19.9. The summed E-state index contributed by atoms with van der Waals surface area (Å²) >= 11 is 0. The van der Waals surface area contributed by atoms with Crippen molar-refractivity contribution in [3.05, 3.63) is 194 Å². The van der Waals surface area contributed by atoms with E-state index in [4.69, 9.17) is 8.83 Å². The summed E-state index contributed by atoms with van der Waals surface area (Å²) in [5, 5.41) is 16.7. The van der Waals surface area contributed by atoms with Crippen LogP contribution in [0.1, 0.15) is 0 Å². The summed E-state index contributed by atoms with van der Waals surface area (Å²) in [6.07, 6.45) is 0. The summed E-state index contributed by atoms with van der Waals surface area (Å²) in [7, 11) is 0. The quantitative estimate of drug-likeness (QED) is 0.169. The Morgan fingerprint density at radius 3 is 1.36 bits per heavy atom. The molecule has 0 amide bonds. The van der Waals surface area contributed by atoms with Crippen molar-refractivity contribution in [3.63, 3.8) is 0 Å². The molecule has 268 valence electrons. The zero-order valence-electron chi connectivity index (χ0n) is 31.3. The standard InChI is InChI=1S/C56H32O2/c1-2-10-34-29-40(21-17-33(34)9-1)54-44-12-3-5-14-46(44)55(47-15-6-4-13-45(47)54)41-22-20-36-27-35(18-19-37(36)30-41)38-23-25-42-39(28-38)24-26-48-50-31-49-43-11-7-8-16-51(43)57-52(49)32-53(50)58-56(42)48/h1-32H. The number of rotatable bonds is 3. The van der Waals surface area contributed by atoms with Crippen molar-refractivity contribution in [1.29, 1.82) is 0 Å². The van der Waals surface area contributed by atoms with E-state index in [1.165, 1.54) is 76.5 Å². The van der Waals surface area contributed by atoms with Crippen molar-refractivity contribution in [2.75, 3.05) is 0 Å². The molecule has 0 fully saturated rings. The topological polar surface area (TPSA) is 26.3 Å². The molecule has 0 aliphatic heterocycles. The van der Waals surface area contributed by atoms with Crippen LogP contribution in [0, 0.1) is 0 Å². The Kier molecular flexibility index (Phi) is 6.47. The Labute approximate surface area is 332 Å². The van der Waals surface area contributed by atoms with E-state index >= 15 is 0 Å². The van der Waals surface area contributed by atoms with Crippen molar-refractivity contribution in [2.45, 2.75) is 0 Å². The first-order chi connectivity index (χ1) is 28.7. The van der Waals surface area contributed by atoms with E-state index in [1.54, 1.807) is 0 Å². The highest BCUT2D eigenvalue weighted by atomic mass is 16.3. The Balaban J connectivity index is 0.907. The summed E-state index contributed by atoms with van der Waals surface area (Å²) in [6.45, 7) is 0. The van der Waals surface area contributed by atoms with Gasteiger partial charge in [-0.05, 0) is 130 Å². The van der Waals surface area contributed by atoms with E-state index in [0.717, 1.165) is 54.6 Å². The third-order valence-corrected chi connectivity index (χ3v) is 12.4. The average Bonchev–Trinajstić information content (AvgIpc) is 3.84. The van der Waals surface area contributed by atoms with Gasteiger partial charge >= 0.3 is 0 Å². The van der Waals surface area contributed by atoms with Crippen molar-refractivity contribution in [2.24, 2.45) is 0 Å². The fourth-order valence-electron chi connectivity index (χ4n) is 9.64. The molecule has 0 spiro atoms. The van der Waals surface area contributed by atoms with Crippen LogP contribution in [-0.2, 0) is 0 Å². The van der Waals surface area contributed by atoms with E-state index in [2.05, 4.69) is 176 Å². The molecule has 13 rings (SSSR count). The molecule has 0 aliphatic carbocycles. The largest absolute Gasteiger partial charge is 0.456 e. The van der Waals surface area contributed by atoms with Crippen LogP contribution in [-0.4, -0.2) is 0 Å². The molecule has 0 saturated carbocycles. The second-order valence-electron chi connectivity index (χ2n) is 15.6. The third-order valence-electron chi connectivity index (χ3n) is 12.4. The molecule has 13 aromatic rings. The van der Waals surface area contributed by atoms with Crippen LogP contribution in [0.4, 0.5) is 0 Å². The van der Waals surface area contributed by atoms with Gasteiger partial charge in [0.2, 0.25) is 0 Å². The van der Waals surface area contributed by atoms with Crippen LogP contribution < -0.4 is 0 Å². The number of hydrogen-bond acceptors (Lipinski definition) is 2. The molecule has 2 nitrogen and oxygen atoms in total. The Hall–Kier alpha value is -7.68. The lowest BCUT2D eigenvalue weighted by Crippen LogP contribution is -1.91.